The Kier molecular flexibility index (Phi) is 4.17. The molecule has 3 aromatic rings. The first-order valence-electron chi connectivity index (χ1n) is 7.63. The zero-order valence-electron chi connectivity index (χ0n) is 13.7. The number of ether oxygens (including phenoxy) is 1. The molecule has 0 aliphatic carbocycles. The van der Waals surface area contributed by atoms with E-state index in [-0.39, 0.29) is 0 Å². The third kappa shape index (κ3) is 2.98. The van der Waals surface area contributed by atoms with E-state index in [0.29, 0.717) is 6.54 Å². The smallest absolute Gasteiger partial charge is 0.118 e. The number of nitrogens with two attached hydrogens (primary N) is 1. The summed E-state index contributed by atoms with van der Waals surface area (Å²) in [7, 11) is 1.67. The first kappa shape index (κ1) is 15.3. The van der Waals surface area contributed by atoms with Gasteiger partial charge in [-0.05, 0) is 61.4 Å². The van der Waals surface area contributed by atoms with Gasteiger partial charge >= 0.3 is 0 Å². The van der Waals surface area contributed by atoms with E-state index in [1.54, 1.807) is 7.11 Å². The van der Waals surface area contributed by atoms with Crippen LogP contribution < -0.4 is 10.5 Å². The molecule has 0 unspecified atom stereocenters. The second kappa shape index (κ2) is 6.26. The predicted molar refractivity (Wildman–Crippen MR) is 92.9 cm³/mol. The van der Waals surface area contributed by atoms with Gasteiger partial charge in [0.15, 0.2) is 0 Å². The summed E-state index contributed by atoms with van der Waals surface area (Å²) < 4.78 is 7.22. The summed E-state index contributed by atoms with van der Waals surface area (Å²) in [4.78, 5) is 0. The first-order chi connectivity index (χ1) is 11.1. The number of aromatic nitrogens is 2. The van der Waals surface area contributed by atoms with Crippen LogP contribution in [0.15, 0.2) is 48.5 Å². The Labute approximate surface area is 136 Å². The van der Waals surface area contributed by atoms with Gasteiger partial charge in [-0.3, -0.25) is 0 Å². The highest BCUT2D eigenvalue weighted by molar-refractivity contribution is 5.64. The molecule has 0 saturated heterocycles. The average molecular weight is 307 g/mol. The SMILES string of the molecule is COc1ccc(-c2cc(CN)nn2-c2cc(C)ccc2C)cc1. The van der Waals surface area contributed by atoms with Crippen molar-refractivity contribution in [1.82, 2.24) is 9.78 Å². The van der Waals surface area contributed by atoms with E-state index in [0.717, 1.165) is 28.4 Å². The van der Waals surface area contributed by atoms with Crippen LogP contribution in [0, 0.1) is 13.8 Å². The lowest BCUT2D eigenvalue weighted by atomic mass is 10.1. The van der Waals surface area contributed by atoms with E-state index in [4.69, 9.17) is 10.5 Å². The maximum Gasteiger partial charge on any atom is 0.118 e. The Morgan fingerprint density at radius 3 is 2.43 bits per heavy atom. The molecule has 0 bridgehead atoms. The maximum atomic E-state index is 5.81. The van der Waals surface area contributed by atoms with Gasteiger partial charge in [0, 0.05) is 12.1 Å². The second-order valence-corrected chi connectivity index (χ2v) is 5.66. The molecule has 0 fully saturated rings. The quantitative estimate of drug-likeness (QED) is 0.801. The van der Waals surface area contributed by atoms with Gasteiger partial charge in [-0.1, -0.05) is 12.1 Å². The van der Waals surface area contributed by atoms with Crippen molar-refractivity contribution < 1.29 is 4.74 Å². The standard InChI is InChI=1S/C19H21N3O/c1-13-4-5-14(2)18(10-13)22-19(11-16(12-20)21-22)15-6-8-17(23-3)9-7-15/h4-11H,12,20H2,1-3H3. The minimum Gasteiger partial charge on any atom is -0.497 e. The van der Waals surface area contributed by atoms with Crippen molar-refractivity contribution in [3.63, 3.8) is 0 Å². The van der Waals surface area contributed by atoms with E-state index >= 15 is 0 Å². The number of methoxy groups -OCH3 is 1. The summed E-state index contributed by atoms with van der Waals surface area (Å²) in [6.45, 7) is 4.60. The number of aryl methyl sites for hydroxylation is 2. The fourth-order valence-electron chi connectivity index (χ4n) is 2.63. The molecule has 3 rings (SSSR count). The van der Waals surface area contributed by atoms with Crippen LogP contribution in [0.4, 0.5) is 0 Å². The number of hydrogen-bond acceptors (Lipinski definition) is 3. The molecule has 0 radical (unpaired) electrons. The van der Waals surface area contributed by atoms with E-state index in [1.807, 2.05) is 35.0 Å². The van der Waals surface area contributed by atoms with E-state index in [9.17, 15) is 0 Å². The minimum absolute atomic E-state index is 0.418. The molecule has 0 aliphatic rings. The Morgan fingerprint density at radius 1 is 1.04 bits per heavy atom. The zero-order valence-corrected chi connectivity index (χ0v) is 13.7. The summed E-state index contributed by atoms with van der Waals surface area (Å²) in [5.74, 6) is 0.839. The predicted octanol–water partition coefficient (Wildman–Crippen LogP) is 3.62. The molecule has 23 heavy (non-hydrogen) atoms. The molecule has 118 valence electrons. The van der Waals surface area contributed by atoms with Crippen molar-refractivity contribution >= 4 is 0 Å². The van der Waals surface area contributed by atoms with Crippen molar-refractivity contribution in [3.05, 3.63) is 65.4 Å². The van der Waals surface area contributed by atoms with E-state index in [1.165, 1.54) is 11.1 Å². The van der Waals surface area contributed by atoms with Crippen LogP contribution in [-0.2, 0) is 6.54 Å². The van der Waals surface area contributed by atoms with Gasteiger partial charge in [0.2, 0.25) is 0 Å². The Morgan fingerprint density at radius 2 is 1.78 bits per heavy atom. The topological polar surface area (TPSA) is 53.1 Å². The fraction of sp³-hybridized carbons (Fsp3) is 0.211. The summed E-state index contributed by atoms with van der Waals surface area (Å²) in [5, 5.41) is 4.68. The van der Waals surface area contributed by atoms with Crippen LogP contribution in [0.25, 0.3) is 16.9 Å². The normalized spacial score (nSPS) is 10.8. The molecule has 0 aliphatic heterocycles. The number of benzene rings is 2. The first-order valence-corrected chi connectivity index (χ1v) is 7.63. The molecule has 0 atom stereocenters. The molecule has 2 N–H and O–H groups in total. The summed E-state index contributed by atoms with van der Waals surface area (Å²) in [6, 6.07) is 16.4. The molecule has 0 saturated carbocycles. The van der Waals surface area contributed by atoms with Gasteiger partial charge in [0.25, 0.3) is 0 Å². The number of hydrogen-bond donors (Lipinski definition) is 1. The molecule has 0 spiro atoms. The third-order valence-electron chi connectivity index (χ3n) is 3.95. The molecule has 4 heteroatoms. The van der Waals surface area contributed by atoms with Crippen LogP contribution in [0.5, 0.6) is 5.75 Å². The van der Waals surface area contributed by atoms with Crippen LogP contribution >= 0.6 is 0 Å². The lowest BCUT2D eigenvalue weighted by Gasteiger charge is -2.12. The minimum atomic E-state index is 0.418. The molecule has 1 aromatic heterocycles. The summed E-state index contributed by atoms with van der Waals surface area (Å²) in [5.41, 5.74) is 12.3. The van der Waals surface area contributed by atoms with Crippen LogP contribution in [0.1, 0.15) is 16.8 Å². The number of rotatable bonds is 4. The summed E-state index contributed by atoms with van der Waals surface area (Å²) in [6.07, 6.45) is 0. The lowest BCUT2D eigenvalue weighted by molar-refractivity contribution is 0.415. The zero-order chi connectivity index (χ0) is 16.4. The monoisotopic (exact) mass is 307 g/mol. The Bertz CT molecular complexity index is 819. The highest BCUT2D eigenvalue weighted by atomic mass is 16.5. The molecular weight excluding hydrogens is 286 g/mol. The van der Waals surface area contributed by atoms with Gasteiger partial charge in [0.05, 0.1) is 24.2 Å². The van der Waals surface area contributed by atoms with Gasteiger partial charge in [0.1, 0.15) is 5.75 Å². The van der Waals surface area contributed by atoms with Crippen molar-refractivity contribution in [2.75, 3.05) is 7.11 Å². The van der Waals surface area contributed by atoms with Crippen molar-refractivity contribution in [3.8, 4) is 22.7 Å². The van der Waals surface area contributed by atoms with Gasteiger partial charge in [-0.25, -0.2) is 4.68 Å². The fourth-order valence-corrected chi connectivity index (χ4v) is 2.63. The van der Waals surface area contributed by atoms with Crippen LogP contribution in [-0.4, -0.2) is 16.9 Å². The third-order valence-corrected chi connectivity index (χ3v) is 3.95. The molecule has 4 nitrogen and oxygen atoms in total. The molecule has 1 heterocycles. The number of nitrogens with zero attached hydrogens (tertiary/aromatic N) is 2. The van der Waals surface area contributed by atoms with Crippen LogP contribution in [0.3, 0.4) is 0 Å². The summed E-state index contributed by atoms with van der Waals surface area (Å²) >= 11 is 0. The molecular formula is C19H21N3O. The highest BCUT2D eigenvalue weighted by Gasteiger charge is 2.13. The van der Waals surface area contributed by atoms with Crippen molar-refractivity contribution in [1.29, 1.82) is 0 Å². The van der Waals surface area contributed by atoms with E-state index < -0.39 is 0 Å². The largest absolute Gasteiger partial charge is 0.497 e. The average Bonchev–Trinajstić information content (AvgIpc) is 3.01. The second-order valence-electron chi connectivity index (χ2n) is 5.66. The van der Waals surface area contributed by atoms with Gasteiger partial charge in [-0.15, -0.1) is 0 Å². The van der Waals surface area contributed by atoms with Crippen molar-refractivity contribution in [2.45, 2.75) is 20.4 Å². The highest BCUT2D eigenvalue weighted by Crippen LogP contribution is 2.27. The van der Waals surface area contributed by atoms with Crippen molar-refractivity contribution in [2.24, 2.45) is 5.73 Å². The lowest BCUT2D eigenvalue weighted by Crippen LogP contribution is -2.04. The van der Waals surface area contributed by atoms with Gasteiger partial charge in [-0.2, -0.15) is 5.10 Å². The van der Waals surface area contributed by atoms with E-state index in [2.05, 4.69) is 37.1 Å². The van der Waals surface area contributed by atoms with Gasteiger partial charge < -0.3 is 10.5 Å². The molecule has 2 aromatic carbocycles. The Balaban J connectivity index is 2.16. The molecule has 0 amide bonds. The maximum absolute atomic E-state index is 5.81. The Hall–Kier alpha value is -2.59. The van der Waals surface area contributed by atoms with Crippen LogP contribution in [0.2, 0.25) is 0 Å².